The summed E-state index contributed by atoms with van der Waals surface area (Å²) in [5.41, 5.74) is 2.80. The van der Waals surface area contributed by atoms with E-state index in [1.807, 2.05) is 4.90 Å². The SMILES string of the molecule is Cc1ccccc1[C@H]1[C@@H]2CN(C(=O)[C@@H]3CCOC(=O)NC3)C[C@@H]21. The zero-order valence-electron chi connectivity index (χ0n) is 13.3. The molecule has 1 N–H and O–H groups in total. The molecule has 1 saturated carbocycles. The number of alkyl carbamates (subject to hydrolysis) is 1. The molecule has 2 heterocycles. The van der Waals surface area contributed by atoms with E-state index in [1.165, 1.54) is 11.1 Å². The Morgan fingerprint density at radius 1 is 1.26 bits per heavy atom. The highest BCUT2D eigenvalue weighted by Crippen LogP contribution is 2.58. The van der Waals surface area contributed by atoms with Crippen molar-refractivity contribution in [2.24, 2.45) is 17.8 Å². The molecular formula is C18H22N2O3. The smallest absolute Gasteiger partial charge is 0.407 e. The van der Waals surface area contributed by atoms with Crippen molar-refractivity contribution in [2.45, 2.75) is 19.3 Å². The van der Waals surface area contributed by atoms with Crippen molar-refractivity contribution < 1.29 is 14.3 Å². The predicted octanol–water partition coefficient (Wildman–Crippen LogP) is 1.91. The monoisotopic (exact) mass is 314 g/mol. The molecule has 2 saturated heterocycles. The lowest BCUT2D eigenvalue weighted by molar-refractivity contribution is -0.135. The normalized spacial score (nSPS) is 32.6. The van der Waals surface area contributed by atoms with Gasteiger partial charge in [-0.2, -0.15) is 0 Å². The molecule has 3 fully saturated rings. The number of hydrogen-bond donors (Lipinski definition) is 1. The van der Waals surface area contributed by atoms with Crippen LogP contribution in [0.5, 0.6) is 0 Å². The Morgan fingerprint density at radius 2 is 2.00 bits per heavy atom. The Labute approximate surface area is 136 Å². The third kappa shape index (κ3) is 2.58. The summed E-state index contributed by atoms with van der Waals surface area (Å²) in [4.78, 5) is 25.9. The van der Waals surface area contributed by atoms with Gasteiger partial charge in [0.1, 0.15) is 0 Å². The molecule has 1 aromatic carbocycles. The van der Waals surface area contributed by atoms with Gasteiger partial charge in [-0.3, -0.25) is 4.79 Å². The first-order chi connectivity index (χ1) is 11.1. The van der Waals surface area contributed by atoms with E-state index in [-0.39, 0.29) is 11.8 Å². The fourth-order valence-corrected chi connectivity index (χ4v) is 4.25. The molecule has 1 aromatic rings. The van der Waals surface area contributed by atoms with Crippen molar-refractivity contribution in [2.75, 3.05) is 26.2 Å². The Balaban J connectivity index is 1.37. The first-order valence-electron chi connectivity index (χ1n) is 8.40. The van der Waals surface area contributed by atoms with Crippen LogP contribution in [0.4, 0.5) is 4.79 Å². The second-order valence-electron chi connectivity index (χ2n) is 6.96. The van der Waals surface area contributed by atoms with Gasteiger partial charge in [-0.1, -0.05) is 24.3 Å². The minimum Gasteiger partial charge on any atom is -0.450 e. The van der Waals surface area contributed by atoms with E-state index in [0.717, 1.165) is 13.1 Å². The molecule has 0 aromatic heterocycles. The molecule has 4 atom stereocenters. The first kappa shape index (κ1) is 14.5. The van der Waals surface area contributed by atoms with E-state index in [9.17, 15) is 9.59 Å². The number of aryl methyl sites for hydroxylation is 1. The summed E-state index contributed by atoms with van der Waals surface area (Å²) >= 11 is 0. The highest BCUT2D eigenvalue weighted by Gasteiger charge is 2.57. The molecule has 23 heavy (non-hydrogen) atoms. The highest BCUT2D eigenvalue weighted by molar-refractivity contribution is 5.81. The average Bonchev–Trinajstić information content (AvgIpc) is 3.12. The first-order valence-corrected chi connectivity index (χ1v) is 8.40. The molecule has 3 aliphatic rings. The molecule has 0 bridgehead atoms. The van der Waals surface area contributed by atoms with Gasteiger partial charge in [0.05, 0.1) is 12.5 Å². The van der Waals surface area contributed by atoms with Crippen LogP contribution in [-0.4, -0.2) is 43.1 Å². The lowest BCUT2D eigenvalue weighted by Gasteiger charge is -2.24. The number of carbonyl (C=O) groups is 2. The molecule has 0 unspecified atom stereocenters. The number of nitrogens with one attached hydrogen (secondary N) is 1. The summed E-state index contributed by atoms with van der Waals surface area (Å²) < 4.78 is 4.94. The van der Waals surface area contributed by atoms with Crippen molar-refractivity contribution in [3.63, 3.8) is 0 Å². The molecule has 2 amide bonds. The van der Waals surface area contributed by atoms with Crippen LogP contribution in [-0.2, 0) is 9.53 Å². The van der Waals surface area contributed by atoms with E-state index < -0.39 is 6.09 Å². The largest absolute Gasteiger partial charge is 0.450 e. The summed E-state index contributed by atoms with van der Waals surface area (Å²) in [6.45, 7) is 4.60. The molecule has 122 valence electrons. The van der Waals surface area contributed by atoms with Gasteiger partial charge in [0.25, 0.3) is 0 Å². The van der Waals surface area contributed by atoms with Gasteiger partial charge in [-0.25, -0.2) is 4.79 Å². The van der Waals surface area contributed by atoms with E-state index >= 15 is 0 Å². The van der Waals surface area contributed by atoms with E-state index in [2.05, 4.69) is 36.5 Å². The number of likely N-dealkylation sites (tertiary alicyclic amines) is 1. The molecule has 4 rings (SSSR count). The van der Waals surface area contributed by atoms with Crippen LogP contribution in [0.3, 0.4) is 0 Å². The van der Waals surface area contributed by atoms with Gasteiger partial charge in [0.15, 0.2) is 0 Å². The van der Waals surface area contributed by atoms with Crippen molar-refractivity contribution >= 4 is 12.0 Å². The lowest BCUT2D eigenvalue weighted by Crippen LogP contribution is -2.40. The van der Waals surface area contributed by atoms with Crippen LogP contribution in [0.2, 0.25) is 0 Å². The number of carbonyl (C=O) groups excluding carboxylic acids is 2. The molecule has 0 radical (unpaired) electrons. The van der Waals surface area contributed by atoms with Gasteiger partial charge in [-0.05, 0) is 42.2 Å². The number of fused-ring (bicyclic) bond motifs is 1. The Kier molecular flexibility index (Phi) is 3.51. The van der Waals surface area contributed by atoms with Crippen LogP contribution in [0.15, 0.2) is 24.3 Å². The molecule has 0 spiro atoms. The number of benzene rings is 1. The van der Waals surface area contributed by atoms with Crippen molar-refractivity contribution in [3.8, 4) is 0 Å². The zero-order valence-corrected chi connectivity index (χ0v) is 13.3. The number of cyclic esters (lactones) is 1. The third-order valence-corrected chi connectivity index (χ3v) is 5.59. The molecule has 5 heteroatoms. The molecule has 1 aliphatic carbocycles. The standard InChI is InChI=1S/C18H22N2O3/c1-11-4-2-3-5-13(11)16-14-9-20(10-15(14)16)17(21)12-6-7-23-18(22)19-8-12/h2-5,12,14-16H,6-10H2,1H3,(H,19,22)/t12-,14-,15+,16+/m1/s1. The van der Waals surface area contributed by atoms with Crippen LogP contribution < -0.4 is 5.32 Å². The second-order valence-corrected chi connectivity index (χ2v) is 6.96. The predicted molar refractivity (Wildman–Crippen MR) is 84.9 cm³/mol. The van der Waals surface area contributed by atoms with Crippen LogP contribution in [0, 0.1) is 24.7 Å². The summed E-state index contributed by atoms with van der Waals surface area (Å²) in [7, 11) is 0. The summed E-state index contributed by atoms with van der Waals surface area (Å²) in [6, 6.07) is 8.58. The van der Waals surface area contributed by atoms with Gasteiger partial charge >= 0.3 is 6.09 Å². The van der Waals surface area contributed by atoms with Gasteiger partial charge in [0.2, 0.25) is 5.91 Å². The van der Waals surface area contributed by atoms with Crippen LogP contribution >= 0.6 is 0 Å². The van der Waals surface area contributed by atoms with Crippen LogP contribution in [0.25, 0.3) is 0 Å². The van der Waals surface area contributed by atoms with Crippen molar-refractivity contribution in [1.29, 1.82) is 0 Å². The highest BCUT2D eigenvalue weighted by atomic mass is 16.5. The lowest BCUT2D eigenvalue weighted by atomic mass is 10.0. The Hall–Kier alpha value is -2.04. The molecular weight excluding hydrogens is 292 g/mol. The maximum Gasteiger partial charge on any atom is 0.407 e. The van der Waals surface area contributed by atoms with Crippen molar-refractivity contribution in [3.05, 3.63) is 35.4 Å². The summed E-state index contributed by atoms with van der Waals surface area (Å²) in [6.07, 6.45) is 0.203. The summed E-state index contributed by atoms with van der Waals surface area (Å²) in [5.74, 6) is 1.87. The Bertz CT molecular complexity index is 633. The number of piperidine rings is 1. The maximum atomic E-state index is 12.7. The number of rotatable bonds is 2. The quantitative estimate of drug-likeness (QED) is 0.907. The Morgan fingerprint density at radius 3 is 2.74 bits per heavy atom. The second kappa shape index (κ2) is 5.55. The fraction of sp³-hybridized carbons (Fsp3) is 0.556. The molecule has 2 aliphatic heterocycles. The zero-order chi connectivity index (χ0) is 16.0. The number of hydrogen-bond acceptors (Lipinski definition) is 3. The van der Waals surface area contributed by atoms with Crippen molar-refractivity contribution in [1.82, 2.24) is 10.2 Å². The maximum absolute atomic E-state index is 12.7. The van der Waals surface area contributed by atoms with Gasteiger partial charge < -0.3 is 15.0 Å². The number of amides is 2. The fourth-order valence-electron chi connectivity index (χ4n) is 4.25. The van der Waals surface area contributed by atoms with E-state index in [1.54, 1.807) is 0 Å². The number of nitrogens with zero attached hydrogens (tertiary/aromatic N) is 1. The minimum atomic E-state index is -0.413. The number of ether oxygens (including phenoxy) is 1. The van der Waals surface area contributed by atoms with Gasteiger partial charge in [0, 0.05) is 19.6 Å². The van der Waals surface area contributed by atoms with Crippen LogP contribution in [0.1, 0.15) is 23.5 Å². The minimum absolute atomic E-state index is 0.143. The average molecular weight is 314 g/mol. The summed E-state index contributed by atoms with van der Waals surface area (Å²) in [5, 5.41) is 2.65. The van der Waals surface area contributed by atoms with E-state index in [0.29, 0.717) is 37.3 Å². The molecule has 5 nitrogen and oxygen atoms in total. The topological polar surface area (TPSA) is 58.6 Å². The van der Waals surface area contributed by atoms with E-state index in [4.69, 9.17) is 4.74 Å². The third-order valence-electron chi connectivity index (χ3n) is 5.59. The van der Waals surface area contributed by atoms with Gasteiger partial charge in [-0.15, -0.1) is 0 Å².